The Morgan fingerprint density at radius 2 is 1.76 bits per heavy atom. The minimum absolute atomic E-state index is 0.0116. The monoisotopic (exact) mass is 613 g/mol. The molecule has 0 saturated heterocycles. The molecule has 0 radical (unpaired) electrons. The number of halogens is 2. The van der Waals surface area contributed by atoms with Gasteiger partial charge in [0, 0.05) is 16.7 Å². The Labute approximate surface area is 256 Å². The fraction of sp³-hybridized carbons (Fsp3) is 0.290. The summed E-state index contributed by atoms with van der Waals surface area (Å²) in [5.74, 6) is 1.18. The van der Waals surface area contributed by atoms with E-state index in [1.807, 2.05) is 58.9 Å². The van der Waals surface area contributed by atoms with Crippen molar-refractivity contribution in [3.8, 4) is 11.5 Å². The van der Waals surface area contributed by atoms with Gasteiger partial charge in [-0.15, -0.1) is 0 Å². The molecule has 0 aromatic heterocycles. The first-order chi connectivity index (χ1) is 19.8. The number of aliphatic hydroxyl groups excluding tert-OH is 1. The molecule has 2 aliphatic heterocycles. The number of hydrazine groups is 1. The number of nitrogens with two attached hydrogens (primary N) is 1. The van der Waals surface area contributed by atoms with E-state index in [0.717, 1.165) is 5.56 Å². The minimum Gasteiger partial charge on any atom is -0.512 e. The Bertz CT molecular complexity index is 1420. The molecule has 1 atom stereocenters. The predicted octanol–water partition coefficient (Wildman–Crippen LogP) is 7.24. The van der Waals surface area contributed by atoms with Gasteiger partial charge in [-0.25, -0.2) is 4.99 Å². The quantitative estimate of drug-likeness (QED) is 0.151. The van der Waals surface area contributed by atoms with Crippen molar-refractivity contribution in [2.75, 3.05) is 17.5 Å². The van der Waals surface area contributed by atoms with Crippen LogP contribution in [0.4, 0.5) is 11.4 Å². The summed E-state index contributed by atoms with van der Waals surface area (Å²) in [5, 5.41) is 12.7. The summed E-state index contributed by atoms with van der Waals surface area (Å²) in [7, 11) is 0. The molecule has 0 saturated carbocycles. The summed E-state index contributed by atoms with van der Waals surface area (Å²) in [4.78, 5) is 17.7. The van der Waals surface area contributed by atoms with Crippen molar-refractivity contribution in [2.45, 2.75) is 46.8 Å². The standard InChI is InChI=1S/C25H25Cl2N5O3.C6H12O/c1-14(2)35-20-11-8-16-12-21(20)34-13-29-24(28)15-6-9-17(10-7-15)30-22(16)25(33)32-31-23-18(26)4-3-5-19(23)27;1-5(7)6(2,3)4/h3-12,14,22,30-31H,13H2,1-2H3,(H2,28,29)(H,32,33);7H,1H2,2-4H3. The molecule has 2 heterocycles. The van der Waals surface area contributed by atoms with Crippen molar-refractivity contribution in [3.05, 3.63) is 94.2 Å². The molecule has 1 unspecified atom stereocenters. The first kappa shape index (κ1) is 32.4. The lowest BCUT2D eigenvalue weighted by Gasteiger charge is -2.22. The van der Waals surface area contributed by atoms with Gasteiger partial charge < -0.3 is 25.6 Å². The number of ether oxygens (including phenoxy) is 2. The van der Waals surface area contributed by atoms with Crippen LogP contribution in [-0.4, -0.2) is 29.7 Å². The lowest BCUT2D eigenvalue weighted by Crippen LogP contribution is -2.37. The maximum atomic E-state index is 13.4. The summed E-state index contributed by atoms with van der Waals surface area (Å²) < 4.78 is 11.8. The third kappa shape index (κ3) is 8.96. The summed E-state index contributed by atoms with van der Waals surface area (Å²) in [6, 6.07) is 16.9. The maximum Gasteiger partial charge on any atom is 0.265 e. The number of aliphatic imine (C=N–C) groups is 1. The fourth-order valence-corrected chi connectivity index (χ4v) is 3.94. The number of anilines is 2. The molecule has 3 aromatic carbocycles. The van der Waals surface area contributed by atoms with Gasteiger partial charge in [-0.2, -0.15) is 0 Å². The predicted molar refractivity (Wildman–Crippen MR) is 171 cm³/mol. The summed E-state index contributed by atoms with van der Waals surface area (Å²) in [6.07, 6.45) is -0.0731. The highest BCUT2D eigenvalue weighted by Gasteiger charge is 2.24. The van der Waals surface area contributed by atoms with Crippen LogP contribution in [0.3, 0.4) is 0 Å². The van der Waals surface area contributed by atoms with E-state index < -0.39 is 6.04 Å². The van der Waals surface area contributed by atoms with Gasteiger partial charge in [0.1, 0.15) is 11.9 Å². The average Bonchev–Trinajstić information content (AvgIpc) is 2.93. The second kappa shape index (κ2) is 14.2. The van der Waals surface area contributed by atoms with Crippen LogP contribution in [0.2, 0.25) is 10.0 Å². The van der Waals surface area contributed by atoms with E-state index >= 15 is 0 Å². The molecule has 3 aromatic rings. The number of amides is 1. The Morgan fingerprint density at radius 1 is 1.14 bits per heavy atom. The zero-order chi connectivity index (χ0) is 31.0. The molecule has 11 heteroatoms. The summed E-state index contributed by atoms with van der Waals surface area (Å²) in [5.41, 5.74) is 14.0. The van der Waals surface area contributed by atoms with Crippen LogP contribution < -0.4 is 31.4 Å². The number of nitrogens with zero attached hydrogens (tertiary/aromatic N) is 1. The molecule has 1 amide bonds. The van der Waals surface area contributed by atoms with Crippen LogP contribution in [0.15, 0.2) is 78.0 Å². The zero-order valence-electron chi connectivity index (χ0n) is 24.3. The number of nitrogens with one attached hydrogen (secondary N) is 3. The number of carbonyl (C=O) groups is 1. The van der Waals surface area contributed by atoms with Crippen molar-refractivity contribution in [2.24, 2.45) is 16.1 Å². The number of benzene rings is 3. The van der Waals surface area contributed by atoms with Gasteiger partial charge >= 0.3 is 0 Å². The average molecular weight is 615 g/mol. The van der Waals surface area contributed by atoms with Gasteiger partial charge in [-0.3, -0.25) is 15.6 Å². The topological polar surface area (TPSA) is 130 Å². The molecule has 0 fully saturated rings. The summed E-state index contributed by atoms with van der Waals surface area (Å²) in [6.45, 7) is 12.9. The molecular formula is C31H37Cl2N5O4. The van der Waals surface area contributed by atoms with Crippen molar-refractivity contribution < 1.29 is 19.4 Å². The first-order valence-corrected chi connectivity index (χ1v) is 14.0. The van der Waals surface area contributed by atoms with E-state index in [1.54, 1.807) is 36.4 Å². The van der Waals surface area contributed by atoms with Gasteiger partial charge in [-0.05, 0) is 67.9 Å². The Morgan fingerprint density at radius 3 is 2.33 bits per heavy atom. The molecular weight excluding hydrogens is 577 g/mol. The second-order valence-electron chi connectivity index (χ2n) is 10.8. The highest BCUT2D eigenvalue weighted by molar-refractivity contribution is 6.39. The van der Waals surface area contributed by atoms with Crippen LogP contribution >= 0.6 is 23.2 Å². The number of carbonyl (C=O) groups excluding carboxylic acids is 1. The van der Waals surface area contributed by atoms with Crippen LogP contribution in [0.5, 0.6) is 11.5 Å². The third-order valence-corrected chi connectivity index (χ3v) is 6.64. The van der Waals surface area contributed by atoms with Crippen LogP contribution in [0.25, 0.3) is 0 Å². The van der Waals surface area contributed by atoms with E-state index in [0.29, 0.717) is 44.3 Å². The van der Waals surface area contributed by atoms with Gasteiger partial charge in [0.15, 0.2) is 18.2 Å². The molecule has 224 valence electrons. The largest absolute Gasteiger partial charge is 0.512 e. The maximum absolute atomic E-state index is 13.4. The molecule has 2 aliphatic rings. The smallest absolute Gasteiger partial charge is 0.265 e. The van der Waals surface area contributed by atoms with E-state index in [2.05, 4.69) is 27.7 Å². The van der Waals surface area contributed by atoms with E-state index in [-0.39, 0.29) is 29.9 Å². The van der Waals surface area contributed by atoms with Crippen LogP contribution in [0, 0.1) is 5.41 Å². The normalized spacial score (nSPS) is 15.6. The van der Waals surface area contributed by atoms with Gasteiger partial charge in [-0.1, -0.05) is 62.7 Å². The fourth-order valence-electron chi connectivity index (χ4n) is 3.45. The van der Waals surface area contributed by atoms with E-state index in [4.69, 9.17) is 43.5 Å². The zero-order valence-corrected chi connectivity index (χ0v) is 25.8. The number of hydrogen-bond donors (Lipinski definition) is 5. The molecule has 4 bridgehead atoms. The number of hydrogen-bond acceptors (Lipinski definition) is 8. The number of para-hydroxylation sites is 1. The van der Waals surface area contributed by atoms with E-state index in [9.17, 15) is 4.79 Å². The number of aliphatic hydroxyl groups is 1. The van der Waals surface area contributed by atoms with Crippen molar-refractivity contribution >= 4 is 46.3 Å². The molecule has 6 N–H and O–H groups in total. The molecule has 9 nitrogen and oxygen atoms in total. The number of fused-ring (bicyclic) bond motifs is 5. The van der Waals surface area contributed by atoms with Crippen LogP contribution in [-0.2, 0) is 4.79 Å². The van der Waals surface area contributed by atoms with Gasteiger partial charge in [0.25, 0.3) is 5.91 Å². The van der Waals surface area contributed by atoms with E-state index in [1.165, 1.54) is 0 Å². The first-order valence-electron chi connectivity index (χ1n) is 13.2. The molecule has 0 spiro atoms. The number of rotatable bonds is 5. The number of amidine groups is 1. The summed E-state index contributed by atoms with van der Waals surface area (Å²) >= 11 is 12.4. The Balaban J connectivity index is 0.000000616. The second-order valence-corrected chi connectivity index (χ2v) is 11.6. The number of allylic oxidation sites excluding steroid dienone is 1. The van der Waals surface area contributed by atoms with Gasteiger partial charge in [0.2, 0.25) is 0 Å². The van der Waals surface area contributed by atoms with Crippen molar-refractivity contribution in [1.82, 2.24) is 5.43 Å². The molecule has 0 aliphatic carbocycles. The lowest BCUT2D eigenvalue weighted by molar-refractivity contribution is -0.121. The minimum atomic E-state index is -0.802. The van der Waals surface area contributed by atoms with Gasteiger partial charge in [0.05, 0.1) is 27.6 Å². The lowest BCUT2D eigenvalue weighted by atomic mass is 9.95. The highest BCUT2D eigenvalue weighted by atomic mass is 35.5. The Kier molecular flexibility index (Phi) is 11.0. The Hall–Kier alpha value is -4.08. The van der Waals surface area contributed by atoms with Crippen molar-refractivity contribution in [3.63, 3.8) is 0 Å². The molecule has 42 heavy (non-hydrogen) atoms. The SMILES string of the molecule is C=C(O)C(C)(C)C.CC(C)Oc1ccc2cc1OC/N=C(/N)c1ccc(cc1)NC2C(=O)NNc1c(Cl)cccc1Cl. The third-order valence-electron chi connectivity index (χ3n) is 6.01. The van der Waals surface area contributed by atoms with Crippen LogP contribution in [0.1, 0.15) is 51.8 Å². The highest BCUT2D eigenvalue weighted by Crippen LogP contribution is 2.34. The molecule has 5 rings (SSSR count). The van der Waals surface area contributed by atoms with Crippen molar-refractivity contribution in [1.29, 1.82) is 0 Å².